The molecule has 2 aromatic carbocycles. The molecule has 126 valence electrons. The van der Waals surface area contributed by atoms with Crippen molar-refractivity contribution in [1.82, 2.24) is 4.90 Å². The summed E-state index contributed by atoms with van der Waals surface area (Å²) in [7, 11) is 0. The third kappa shape index (κ3) is 3.49. The van der Waals surface area contributed by atoms with Gasteiger partial charge in [0.1, 0.15) is 17.6 Å². The zero-order chi connectivity index (χ0) is 16.2. The van der Waals surface area contributed by atoms with E-state index in [1.54, 1.807) is 0 Å². The Kier molecular flexibility index (Phi) is 4.56. The molecule has 0 aromatic heterocycles. The Morgan fingerprint density at radius 3 is 2.79 bits per heavy atom. The molecule has 2 aromatic rings. The lowest BCUT2D eigenvalue weighted by molar-refractivity contribution is 0.0169. The third-order valence-corrected chi connectivity index (χ3v) is 4.67. The molecule has 2 heterocycles. The molecule has 0 amide bonds. The first-order valence-electron chi connectivity index (χ1n) is 8.81. The minimum atomic E-state index is 0.326. The Morgan fingerprint density at radius 2 is 1.92 bits per heavy atom. The van der Waals surface area contributed by atoms with Gasteiger partial charge in [0.25, 0.3) is 0 Å². The first-order valence-corrected chi connectivity index (χ1v) is 8.81. The van der Waals surface area contributed by atoms with Gasteiger partial charge in [-0.3, -0.25) is 4.90 Å². The van der Waals surface area contributed by atoms with Crippen LogP contribution in [-0.4, -0.2) is 43.8 Å². The van der Waals surface area contributed by atoms with Gasteiger partial charge in [-0.25, -0.2) is 0 Å². The van der Waals surface area contributed by atoms with E-state index in [1.807, 2.05) is 30.3 Å². The lowest BCUT2D eigenvalue weighted by Gasteiger charge is -2.39. The molecule has 0 atom stereocenters. The summed E-state index contributed by atoms with van der Waals surface area (Å²) in [4.78, 5) is 2.43. The van der Waals surface area contributed by atoms with Crippen molar-refractivity contribution in [3.63, 3.8) is 0 Å². The number of hydrogen-bond donors (Lipinski definition) is 1. The van der Waals surface area contributed by atoms with Crippen LogP contribution in [0.4, 0.5) is 5.69 Å². The summed E-state index contributed by atoms with van der Waals surface area (Å²) >= 11 is 0. The van der Waals surface area contributed by atoms with Crippen molar-refractivity contribution in [1.29, 1.82) is 0 Å². The van der Waals surface area contributed by atoms with Gasteiger partial charge >= 0.3 is 0 Å². The highest BCUT2D eigenvalue weighted by molar-refractivity contribution is 5.61. The van der Waals surface area contributed by atoms with Crippen molar-refractivity contribution >= 4 is 5.69 Å². The molecule has 1 fully saturated rings. The molecule has 0 radical (unpaired) electrons. The topological polar surface area (TPSA) is 33.7 Å². The van der Waals surface area contributed by atoms with E-state index in [4.69, 9.17) is 9.47 Å². The van der Waals surface area contributed by atoms with Gasteiger partial charge in [0.15, 0.2) is 0 Å². The summed E-state index contributed by atoms with van der Waals surface area (Å²) in [5, 5.41) is 3.40. The predicted molar refractivity (Wildman–Crippen MR) is 96.0 cm³/mol. The smallest absolute Gasteiger partial charge is 0.125 e. The minimum Gasteiger partial charge on any atom is -0.494 e. The number of fused-ring (bicyclic) bond motifs is 1. The van der Waals surface area contributed by atoms with E-state index in [1.165, 1.54) is 11.3 Å². The van der Waals surface area contributed by atoms with E-state index in [2.05, 4.69) is 28.4 Å². The van der Waals surface area contributed by atoms with E-state index >= 15 is 0 Å². The largest absolute Gasteiger partial charge is 0.494 e. The van der Waals surface area contributed by atoms with E-state index in [0.29, 0.717) is 6.10 Å². The summed E-state index contributed by atoms with van der Waals surface area (Å²) in [5.74, 6) is 2.02. The fraction of sp³-hybridized carbons (Fsp3) is 0.400. The Hall–Kier alpha value is -2.20. The zero-order valence-corrected chi connectivity index (χ0v) is 13.9. The maximum atomic E-state index is 6.19. The summed E-state index contributed by atoms with van der Waals surface area (Å²) < 4.78 is 11.9. The Bertz CT molecular complexity index is 669. The third-order valence-electron chi connectivity index (χ3n) is 4.67. The highest BCUT2D eigenvalue weighted by Gasteiger charge is 2.29. The second-order valence-corrected chi connectivity index (χ2v) is 6.47. The quantitative estimate of drug-likeness (QED) is 0.793. The van der Waals surface area contributed by atoms with Crippen molar-refractivity contribution < 1.29 is 9.47 Å². The summed E-state index contributed by atoms with van der Waals surface area (Å²) in [6, 6.07) is 16.3. The number of likely N-dealkylation sites (tertiary alicyclic amines) is 1. The number of nitrogens with zero attached hydrogens (tertiary/aromatic N) is 1. The van der Waals surface area contributed by atoms with Crippen molar-refractivity contribution in [2.75, 3.05) is 38.1 Å². The average molecular weight is 324 g/mol. The molecule has 2 aliphatic heterocycles. The highest BCUT2D eigenvalue weighted by atomic mass is 16.5. The van der Waals surface area contributed by atoms with Crippen LogP contribution in [0, 0.1) is 0 Å². The van der Waals surface area contributed by atoms with Crippen molar-refractivity contribution in [3.8, 4) is 11.5 Å². The molecule has 0 unspecified atom stereocenters. The number of hydrogen-bond acceptors (Lipinski definition) is 4. The van der Waals surface area contributed by atoms with Gasteiger partial charge in [-0.05, 0) is 37.1 Å². The Balaban J connectivity index is 1.16. The van der Waals surface area contributed by atoms with Gasteiger partial charge in [-0.1, -0.05) is 24.3 Å². The van der Waals surface area contributed by atoms with Gasteiger partial charge in [-0.2, -0.15) is 0 Å². The molecule has 4 heteroatoms. The van der Waals surface area contributed by atoms with Crippen LogP contribution in [0.25, 0.3) is 0 Å². The van der Waals surface area contributed by atoms with Crippen LogP contribution in [-0.2, 0) is 6.42 Å². The fourth-order valence-corrected chi connectivity index (χ4v) is 3.38. The molecule has 0 aliphatic carbocycles. The first-order chi connectivity index (χ1) is 11.9. The van der Waals surface area contributed by atoms with Crippen LogP contribution in [0.15, 0.2) is 48.5 Å². The number of nitrogens with one attached hydrogen (secondary N) is 1. The van der Waals surface area contributed by atoms with Crippen molar-refractivity contribution in [3.05, 3.63) is 54.1 Å². The molecule has 4 rings (SSSR count). The summed E-state index contributed by atoms with van der Waals surface area (Å²) in [5.41, 5.74) is 2.58. The summed E-state index contributed by atoms with van der Waals surface area (Å²) in [6.45, 7) is 4.89. The zero-order valence-electron chi connectivity index (χ0n) is 13.9. The monoisotopic (exact) mass is 324 g/mol. The predicted octanol–water partition coefficient (Wildman–Crippen LogP) is 3.19. The Morgan fingerprint density at radius 1 is 1.04 bits per heavy atom. The average Bonchev–Trinajstić information content (AvgIpc) is 3.06. The van der Waals surface area contributed by atoms with Gasteiger partial charge < -0.3 is 14.8 Å². The molecular weight excluding hydrogens is 300 g/mol. The second kappa shape index (κ2) is 7.14. The molecule has 1 saturated heterocycles. The molecule has 1 N–H and O–H groups in total. The molecule has 0 bridgehead atoms. The molecule has 0 saturated carbocycles. The Labute approximate surface area is 143 Å². The van der Waals surface area contributed by atoms with Gasteiger partial charge in [0.05, 0.1) is 6.61 Å². The van der Waals surface area contributed by atoms with Crippen LogP contribution >= 0.6 is 0 Å². The van der Waals surface area contributed by atoms with E-state index in [0.717, 1.165) is 57.1 Å². The number of rotatable bonds is 7. The van der Waals surface area contributed by atoms with Crippen LogP contribution in [0.2, 0.25) is 0 Å². The van der Waals surface area contributed by atoms with Gasteiger partial charge in [-0.15, -0.1) is 0 Å². The first kappa shape index (κ1) is 15.3. The maximum Gasteiger partial charge on any atom is 0.125 e. The van der Waals surface area contributed by atoms with E-state index in [9.17, 15) is 0 Å². The van der Waals surface area contributed by atoms with Crippen molar-refractivity contribution in [2.45, 2.75) is 18.9 Å². The van der Waals surface area contributed by atoms with Crippen LogP contribution < -0.4 is 14.8 Å². The molecule has 24 heavy (non-hydrogen) atoms. The lowest BCUT2D eigenvalue weighted by atomic mass is 10.1. The highest BCUT2D eigenvalue weighted by Crippen LogP contribution is 2.32. The fourth-order valence-electron chi connectivity index (χ4n) is 3.38. The van der Waals surface area contributed by atoms with Gasteiger partial charge in [0, 0.05) is 37.4 Å². The van der Waals surface area contributed by atoms with Crippen LogP contribution in [0.3, 0.4) is 0 Å². The number of ether oxygens (including phenoxy) is 2. The minimum absolute atomic E-state index is 0.326. The molecule has 0 spiro atoms. The molecular formula is C20H24N2O2. The number of anilines is 1. The van der Waals surface area contributed by atoms with Crippen LogP contribution in [0.5, 0.6) is 11.5 Å². The number of benzene rings is 2. The standard InChI is InChI=1S/C20H24N2O2/c1-2-6-16(7-3-1)23-13-5-12-22-14-17(15-22)24-20-9-4-8-19-18(20)10-11-21-19/h1-4,6-9,17,21H,5,10-15H2. The second-order valence-electron chi connectivity index (χ2n) is 6.47. The summed E-state index contributed by atoms with van der Waals surface area (Å²) in [6.07, 6.45) is 2.44. The normalized spacial score (nSPS) is 17.0. The molecule has 2 aliphatic rings. The molecule has 4 nitrogen and oxygen atoms in total. The lowest BCUT2D eigenvalue weighted by Crippen LogP contribution is -2.54. The number of para-hydroxylation sites is 1. The SMILES string of the molecule is c1ccc(OCCCN2CC(Oc3cccc4c3CCN4)C2)cc1. The van der Waals surface area contributed by atoms with Crippen molar-refractivity contribution in [2.24, 2.45) is 0 Å². The van der Waals surface area contributed by atoms with Gasteiger partial charge in [0.2, 0.25) is 0 Å². The maximum absolute atomic E-state index is 6.19. The van der Waals surface area contributed by atoms with Crippen LogP contribution in [0.1, 0.15) is 12.0 Å². The van der Waals surface area contributed by atoms with E-state index in [-0.39, 0.29) is 0 Å². The van der Waals surface area contributed by atoms with E-state index < -0.39 is 0 Å².